The molecule has 0 fully saturated rings. The zero-order valence-corrected chi connectivity index (χ0v) is 12.8. The lowest BCUT2D eigenvalue weighted by Gasteiger charge is -2.19. The summed E-state index contributed by atoms with van der Waals surface area (Å²) in [6.45, 7) is 5.56. The summed E-state index contributed by atoms with van der Waals surface area (Å²) in [5.74, 6) is 5.79. The summed E-state index contributed by atoms with van der Waals surface area (Å²) < 4.78 is 5.11. The van der Waals surface area contributed by atoms with Crippen molar-refractivity contribution in [2.75, 3.05) is 6.54 Å². The van der Waals surface area contributed by atoms with Gasteiger partial charge in [-0.3, -0.25) is 4.79 Å². The van der Waals surface area contributed by atoms with Crippen LogP contribution in [0.15, 0.2) is 35.1 Å². The molecule has 0 aliphatic rings. The average molecular weight is 298 g/mol. The second-order valence-corrected chi connectivity index (χ2v) is 5.75. The zero-order chi connectivity index (χ0) is 16.2. The van der Waals surface area contributed by atoms with E-state index in [0.717, 1.165) is 5.39 Å². The van der Waals surface area contributed by atoms with Gasteiger partial charge in [0.2, 0.25) is 5.56 Å². The molecule has 0 radical (unpaired) electrons. The van der Waals surface area contributed by atoms with Gasteiger partial charge in [-0.1, -0.05) is 24.0 Å². The van der Waals surface area contributed by atoms with E-state index in [2.05, 4.69) is 22.1 Å². The number of hydrogen-bond acceptors (Lipinski definition) is 3. The van der Waals surface area contributed by atoms with Crippen molar-refractivity contribution < 1.29 is 9.53 Å². The van der Waals surface area contributed by atoms with Crippen LogP contribution in [-0.4, -0.2) is 23.2 Å². The third kappa shape index (κ3) is 4.38. The number of aromatic nitrogens is 1. The molecule has 0 aliphatic carbocycles. The third-order valence-corrected chi connectivity index (χ3v) is 2.70. The molecule has 1 aromatic heterocycles. The summed E-state index contributed by atoms with van der Waals surface area (Å²) in [5, 5.41) is 3.47. The number of rotatable bonds is 1. The van der Waals surface area contributed by atoms with E-state index in [1.807, 2.05) is 18.2 Å². The van der Waals surface area contributed by atoms with Gasteiger partial charge >= 0.3 is 6.09 Å². The minimum absolute atomic E-state index is 0.169. The molecule has 0 unspecified atom stereocenters. The van der Waals surface area contributed by atoms with Crippen LogP contribution in [0.25, 0.3) is 10.9 Å². The van der Waals surface area contributed by atoms with Crippen LogP contribution in [0.1, 0.15) is 26.3 Å². The topological polar surface area (TPSA) is 71.2 Å². The Morgan fingerprint density at radius 1 is 1.27 bits per heavy atom. The van der Waals surface area contributed by atoms with Crippen LogP contribution in [0.5, 0.6) is 0 Å². The normalized spacial score (nSPS) is 10.7. The summed E-state index contributed by atoms with van der Waals surface area (Å²) >= 11 is 0. The van der Waals surface area contributed by atoms with E-state index in [0.29, 0.717) is 11.1 Å². The highest BCUT2D eigenvalue weighted by atomic mass is 16.6. The van der Waals surface area contributed by atoms with E-state index < -0.39 is 11.7 Å². The first kappa shape index (κ1) is 15.6. The van der Waals surface area contributed by atoms with Gasteiger partial charge in [0.15, 0.2) is 0 Å². The second-order valence-electron chi connectivity index (χ2n) is 5.75. The van der Waals surface area contributed by atoms with E-state index in [1.165, 1.54) is 6.07 Å². The molecule has 1 amide bonds. The van der Waals surface area contributed by atoms with Crippen LogP contribution in [0.4, 0.5) is 4.79 Å². The summed E-state index contributed by atoms with van der Waals surface area (Å²) in [5.41, 5.74) is 0.696. The molecule has 22 heavy (non-hydrogen) atoms. The van der Waals surface area contributed by atoms with Gasteiger partial charge in [0.05, 0.1) is 12.1 Å². The van der Waals surface area contributed by atoms with Crippen LogP contribution < -0.4 is 10.9 Å². The van der Waals surface area contributed by atoms with Crippen molar-refractivity contribution in [2.45, 2.75) is 26.4 Å². The van der Waals surface area contributed by atoms with Crippen molar-refractivity contribution in [3.05, 3.63) is 46.2 Å². The Bertz CT molecular complexity index is 804. The molecule has 0 saturated heterocycles. The smallest absolute Gasteiger partial charge is 0.408 e. The predicted molar refractivity (Wildman–Crippen MR) is 85.7 cm³/mol. The van der Waals surface area contributed by atoms with Crippen molar-refractivity contribution in [3.63, 3.8) is 0 Å². The first-order chi connectivity index (χ1) is 10.3. The maximum Gasteiger partial charge on any atom is 0.408 e. The Labute approximate surface area is 128 Å². The molecule has 0 bridgehead atoms. The fraction of sp³-hybridized carbons (Fsp3) is 0.294. The zero-order valence-electron chi connectivity index (χ0n) is 12.8. The average Bonchev–Trinajstić information content (AvgIpc) is 2.42. The molecule has 2 N–H and O–H groups in total. The largest absolute Gasteiger partial charge is 0.444 e. The number of aromatic amines is 1. The highest BCUT2D eigenvalue weighted by Gasteiger charge is 2.14. The van der Waals surface area contributed by atoms with E-state index in [-0.39, 0.29) is 12.1 Å². The monoisotopic (exact) mass is 298 g/mol. The number of para-hydroxylation sites is 1. The Balaban J connectivity index is 2.08. The van der Waals surface area contributed by atoms with Crippen molar-refractivity contribution >= 4 is 17.0 Å². The lowest BCUT2D eigenvalue weighted by atomic mass is 10.1. The number of nitrogens with one attached hydrogen (secondary N) is 2. The molecule has 114 valence electrons. The predicted octanol–water partition coefficient (Wildman–Crippen LogP) is 2.40. The van der Waals surface area contributed by atoms with Crippen molar-refractivity contribution in [3.8, 4) is 11.8 Å². The van der Waals surface area contributed by atoms with Crippen LogP contribution in [0.3, 0.4) is 0 Å². The Hall–Kier alpha value is -2.74. The number of carbonyl (C=O) groups is 1. The number of amides is 1. The van der Waals surface area contributed by atoms with Crippen molar-refractivity contribution in [2.24, 2.45) is 0 Å². The van der Waals surface area contributed by atoms with Crippen LogP contribution in [0, 0.1) is 11.8 Å². The van der Waals surface area contributed by atoms with Gasteiger partial charge in [-0.2, -0.15) is 0 Å². The van der Waals surface area contributed by atoms with Gasteiger partial charge in [-0.25, -0.2) is 4.79 Å². The van der Waals surface area contributed by atoms with Crippen LogP contribution in [0.2, 0.25) is 0 Å². The van der Waals surface area contributed by atoms with Crippen molar-refractivity contribution in [1.29, 1.82) is 0 Å². The van der Waals surface area contributed by atoms with Crippen molar-refractivity contribution in [1.82, 2.24) is 10.3 Å². The van der Waals surface area contributed by atoms with Gasteiger partial charge < -0.3 is 15.0 Å². The molecule has 5 nitrogen and oxygen atoms in total. The van der Waals surface area contributed by atoms with E-state index in [4.69, 9.17) is 4.74 Å². The molecule has 5 heteroatoms. The fourth-order valence-electron chi connectivity index (χ4n) is 1.85. The molecular weight excluding hydrogens is 280 g/mol. The second kappa shape index (κ2) is 6.35. The number of benzene rings is 1. The number of H-pyrrole nitrogens is 1. The molecule has 2 rings (SSSR count). The van der Waals surface area contributed by atoms with Gasteiger partial charge in [-0.05, 0) is 38.3 Å². The standard InChI is InChI=1S/C17H18N2O3/c1-17(2,3)22-16(21)18-11-5-8-12-6-4-7-13-9-10-14(20)19-15(12)13/h4,6-7,9-10H,11H2,1-3H3,(H,18,21)(H,19,20). The number of alkyl carbamates (subject to hydrolysis) is 1. The number of carbonyl (C=O) groups excluding carboxylic acids is 1. The Kier molecular flexibility index (Phi) is 4.52. The maximum absolute atomic E-state index is 11.5. The molecular formula is C17H18N2O3. The van der Waals surface area contributed by atoms with Crippen LogP contribution >= 0.6 is 0 Å². The lowest BCUT2D eigenvalue weighted by molar-refractivity contribution is 0.0535. The molecule has 0 spiro atoms. The van der Waals surface area contributed by atoms with Gasteiger partial charge in [0, 0.05) is 11.6 Å². The van der Waals surface area contributed by atoms with E-state index in [9.17, 15) is 9.59 Å². The molecule has 0 aliphatic heterocycles. The summed E-state index contributed by atoms with van der Waals surface area (Å²) in [4.78, 5) is 25.7. The SMILES string of the molecule is CC(C)(C)OC(=O)NCC#Cc1cccc2ccc(=O)[nH]c12. The first-order valence-corrected chi connectivity index (χ1v) is 6.93. The van der Waals surface area contributed by atoms with Gasteiger partial charge in [0.1, 0.15) is 5.60 Å². The number of fused-ring (bicyclic) bond motifs is 1. The molecule has 1 aromatic carbocycles. The highest BCUT2D eigenvalue weighted by molar-refractivity contribution is 5.84. The Morgan fingerprint density at radius 2 is 2.05 bits per heavy atom. The Morgan fingerprint density at radius 3 is 2.77 bits per heavy atom. The van der Waals surface area contributed by atoms with Gasteiger partial charge in [0.25, 0.3) is 0 Å². The van der Waals surface area contributed by atoms with E-state index >= 15 is 0 Å². The van der Waals surface area contributed by atoms with E-state index in [1.54, 1.807) is 26.8 Å². The summed E-state index contributed by atoms with van der Waals surface area (Å²) in [6.07, 6.45) is -0.506. The third-order valence-electron chi connectivity index (χ3n) is 2.70. The maximum atomic E-state index is 11.5. The molecule has 1 heterocycles. The minimum atomic E-state index is -0.535. The summed E-state index contributed by atoms with van der Waals surface area (Å²) in [6, 6.07) is 8.81. The fourth-order valence-corrected chi connectivity index (χ4v) is 1.85. The highest BCUT2D eigenvalue weighted by Crippen LogP contribution is 2.13. The lowest BCUT2D eigenvalue weighted by Crippen LogP contribution is -2.32. The first-order valence-electron chi connectivity index (χ1n) is 6.93. The number of hydrogen-bond donors (Lipinski definition) is 2. The van der Waals surface area contributed by atoms with Gasteiger partial charge in [-0.15, -0.1) is 0 Å². The number of ether oxygens (including phenoxy) is 1. The molecule has 0 saturated carbocycles. The minimum Gasteiger partial charge on any atom is -0.444 e. The summed E-state index contributed by atoms with van der Waals surface area (Å²) in [7, 11) is 0. The quantitative estimate of drug-likeness (QED) is 0.794. The molecule has 2 aromatic rings. The molecule has 0 atom stereocenters. The number of pyridine rings is 1. The van der Waals surface area contributed by atoms with Crippen LogP contribution in [-0.2, 0) is 4.74 Å².